The average molecular weight is 303 g/mol. The fourth-order valence-electron chi connectivity index (χ4n) is 3.02. The van der Waals surface area contributed by atoms with E-state index in [2.05, 4.69) is 28.0 Å². The third-order valence-corrected chi connectivity index (χ3v) is 5.38. The molecule has 2 heterocycles. The summed E-state index contributed by atoms with van der Waals surface area (Å²) in [6.07, 6.45) is 12.8. The molecule has 112 valence electrons. The van der Waals surface area contributed by atoms with Crippen LogP contribution in [0.4, 0.5) is 0 Å². The Hall–Kier alpha value is -1.49. The molecule has 5 heteroatoms. The number of thioether (sulfide) groups is 1. The highest BCUT2D eigenvalue weighted by molar-refractivity contribution is 8.18. The second-order valence-corrected chi connectivity index (χ2v) is 6.67. The summed E-state index contributed by atoms with van der Waals surface area (Å²) in [4.78, 5) is 18.6. The number of amides is 1. The predicted octanol–water partition coefficient (Wildman–Crippen LogP) is 3.53. The smallest absolute Gasteiger partial charge is 0.266 e. The van der Waals surface area contributed by atoms with Crippen LogP contribution in [-0.2, 0) is 4.79 Å². The molecule has 2 aliphatic rings. The van der Waals surface area contributed by atoms with Gasteiger partial charge in [-0.15, -0.1) is 0 Å². The van der Waals surface area contributed by atoms with E-state index in [4.69, 9.17) is 0 Å². The van der Waals surface area contributed by atoms with Gasteiger partial charge in [0.25, 0.3) is 5.91 Å². The molecule has 0 spiro atoms. The van der Waals surface area contributed by atoms with Crippen molar-refractivity contribution >= 4 is 28.9 Å². The molecule has 1 saturated heterocycles. The van der Waals surface area contributed by atoms with Gasteiger partial charge in [-0.1, -0.05) is 19.3 Å². The number of carbonyl (C=O) groups is 1. The first kappa shape index (κ1) is 14.4. The van der Waals surface area contributed by atoms with Crippen molar-refractivity contribution < 1.29 is 4.79 Å². The molecule has 0 bridgehead atoms. The molecule has 4 nitrogen and oxygen atoms in total. The van der Waals surface area contributed by atoms with Crippen LogP contribution in [0.15, 0.2) is 28.4 Å². The quantitative estimate of drug-likeness (QED) is 0.784. The number of nitrogens with zero attached hydrogens (tertiary/aromatic N) is 3. The molecule has 0 aromatic carbocycles. The van der Waals surface area contributed by atoms with Crippen LogP contribution in [0.2, 0.25) is 0 Å². The molecule has 0 N–H and O–H groups in total. The first-order valence-corrected chi connectivity index (χ1v) is 8.32. The number of aliphatic imine (C=N–C) groups is 1. The summed E-state index contributed by atoms with van der Waals surface area (Å²) in [5, 5.41) is 0.762. The summed E-state index contributed by atoms with van der Waals surface area (Å²) in [6.45, 7) is 0. The number of likely N-dealkylation sites (N-methyl/N-ethyl adjacent to an activating group) is 1. The van der Waals surface area contributed by atoms with Crippen molar-refractivity contribution in [3.05, 3.63) is 28.9 Å². The third kappa shape index (κ3) is 2.93. The molecule has 1 aliphatic carbocycles. The van der Waals surface area contributed by atoms with E-state index < -0.39 is 0 Å². The minimum absolute atomic E-state index is 0.0333. The van der Waals surface area contributed by atoms with E-state index in [-0.39, 0.29) is 5.91 Å². The second kappa shape index (κ2) is 6.10. The van der Waals surface area contributed by atoms with Crippen LogP contribution in [0, 0.1) is 0 Å². The Balaban J connectivity index is 1.78. The zero-order chi connectivity index (χ0) is 14.8. The van der Waals surface area contributed by atoms with E-state index in [0.29, 0.717) is 6.04 Å². The lowest BCUT2D eigenvalue weighted by Crippen LogP contribution is -2.23. The SMILES string of the molecule is CN=C1S/C(=C/c2ccn(C3CCCCC3)c2)C(=O)N1C. The summed E-state index contributed by atoms with van der Waals surface area (Å²) < 4.78 is 2.31. The van der Waals surface area contributed by atoms with Crippen molar-refractivity contribution in [2.45, 2.75) is 38.1 Å². The molecule has 3 rings (SSSR count). The first-order chi connectivity index (χ1) is 10.2. The molecule has 0 unspecified atom stereocenters. The minimum Gasteiger partial charge on any atom is -0.351 e. The van der Waals surface area contributed by atoms with Crippen LogP contribution in [0.5, 0.6) is 0 Å². The maximum absolute atomic E-state index is 12.1. The lowest BCUT2D eigenvalue weighted by atomic mass is 9.95. The molecule has 1 aromatic heterocycles. The molecule has 2 fully saturated rings. The van der Waals surface area contributed by atoms with Crippen molar-refractivity contribution in [1.82, 2.24) is 9.47 Å². The van der Waals surface area contributed by atoms with Gasteiger partial charge < -0.3 is 4.57 Å². The molecular weight excluding hydrogens is 282 g/mol. The lowest BCUT2D eigenvalue weighted by Gasteiger charge is -2.23. The standard InChI is InChI=1S/C16H21N3OS/c1-17-16-18(2)15(20)14(21-16)10-12-8-9-19(11-12)13-6-4-3-5-7-13/h8-11,13H,3-7H2,1-2H3/b14-10+,17-16?. The van der Waals surface area contributed by atoms with Gasteiger partial charge in [0, 0.05) is 32.5 Å². The minimum atomic E-state index is 0.0333. The van der Waals surface area contributed by atoms with Crippen LogP contribution in [0.3, 0.4) is 0 Å². The van der Waals surface area contributed by atoms with E-state index in [1.54, 1.807) is 19.0 Å². The van der Waals surface area contributed by atoms with E-state index >= 15 is 0 Å². The summed E-state index contributed by atoms with van der Waals surface area (Å²) in [6, 6.07) is 2.73. The summed E-state index contributed by atoms with van der Waals surface area (Å²) in [7, 11) is 3.49. The van der Waals surface area contributed by atoms with Gasteiger partial charge in [-0.2, -0.15) is 0 Å². The Labute approximate surface area is 129 Å². The summed E-state index contributed by atoms with van der Waals surface area (Å²) >= 11 is 1.44. The van der Waals surface area contributed by atoms with Crippen LogP contribution in [0.25, 0.3) is 6.08 Å². The normalized spacial score (nSPS) is 24.5. The number of hydrogen-bond acceptors (Lipinski definition) is 3. The Morgan fingerprint density at radius 2 is 2.10 bits per heavy atom. The molecule has 1 amide bonds. The van der Waals surface area contributed by atoms with Gasteiger partial charge in [0.15, 0.2) is 5.17 Å². The molecule has 1 aromatic rings. The van der Waals surface area contributed by atoms with Crippen molar-refractivity contribution in [2.75, 3.05) is 14.1 Å². The highest BCUT2D eigenvalue weighted by atomic mass is 32.2. The molecule has 1 saturated carbocycles. The lowest BCUT2D eigenvalue weighted by molar-refractivity contribution is -0.121. The Morgan fingerprint density at radius 3 is 2.76 bits per heavy atom. The number of aromatic nitrogens is 1. The van der Waals surface area contributed by atoms with E-state index in [1.165, 1.54) is 43.9 Å². The molecule has 1 aliphatic heterocycles. The summed E-state index contributed by atoms with van der Waals surface area (Å²) in [5.74, 6) is 0.0333. The molecule has 0 atom stereocenters. The van der Waals surface area contributed by atoms with Gasteiger partial charge in [0.2, 0.25) is 0 Å². The Morgan fingerprint density at radius 1 is 1.33 bits per heavy atom. The predicted molar refractivity (Wildman–Crippen MR) is 88.3 cm³/mol. The second-order valence-electron chi connectivity index (χ2n) is 5.66. The number of rotatable bonds is 2. The van der Waals surface area contributed by atoms with Gasteiger partial charge in [0.05, 0.1) is 4.91 Å². The summed E-state index contributed by atoms with van der Waals surface area (Å²) in [5.41, 5.74) is 1.10. The van der Waals surface area contributed by atoms with Crippen molar-refractivity contribution in [2.24, 2.45) is 4.99 Å². The monoisotopic (exact) mass is 303 g/mol. The fraction of sp³-hybridized carbons (Fsp3) is 0.500. The van der Waals surface area contributed by atoms with Crippen molar-refractivity contribution in [3.8, 4) is 0 Å². The zero-order valence-electron chi connectivity index (χ0n) is 12.6. The maximum atomic E-state index is 12.1. The molecular formula is C16H21N3OS. The van der Waals surface area contributed by atoms with E-state index in [0.717, 1.165) is 15.6 Å². The van der Waals surface area contributed by atoms with E-state index in [9.17, 15) is 4.79 Å². The van der Waals surface area contributed by atoms with Gasteiger partial charge in [-0.3, -0.25) is 14.7 Å². The first-order valence-electron chi connectivity index (χ1n) is 7.51. The number of hydrogen-bond donors (Lipinski definition) is 0. The highest BCUT2D eigenvalue weighted by Gasteiger charge is 2.29. The van der Waals surface area contributed by atoms with Gasteiger partial charge >= 0.3 is 0 Å². The van der Waals surface area contributed by atoms with Crippen molar-refractivity contribution in [1.29, 1.82) is 0 Å². The molecule has 21 heavy (non-hydrogen) atoms. The van der Waals surface area contributed by atoms with Crippen LogP contribution in [-0.4, -0.2) is 34.6 Å². The number of carbonyl (C=O) groups excluding carboxylic acids is 1. The zero-order valence-corrected chi connectivity index (χ0v) is 13.4. The third-order valence-electron chi connectivity index (χ3n) is 4.23. The van der Waals surface area contributed by atoms with Crippen molar-refractivity contribution in [3.63, 3.8) is 0 Å². The van der Waals surface area contributed by atoms with Gasteiger partial charge in [-0.25, -0.2) is 0 Å². The number of amidine groups is 1. The Kier molecular flexibility index (Phi) is 4.19. The maximum Gasteiger partial charge on any atom is 0.266 e. The van der Waals surface area contributed by atoms with Crippen LogP contribution in [0.1, 0.15) is 43.7 Å². The topological polar surface area (TPSA) is 37.6 Å². The van der Waals surface area contributed by atoms with E-state index in [1.807, 2.05) is 6.08 Å². The van der Waals surface area contributed by atoms with Crippen LogP contribution >= 0.6 is 11.8 Å². The largest absolute Gasteiger partial charge is 0.351 e. The Bertz CT molecular complexity index is 596. The fourth-order valence-corrected chi connectivity index (χ4v) is 3.95. The van der Waals surface area contributed by atoms with Gasteiger partial charge in [-0.05, 0) is 42.3 Å². The molecule has 0 radical (unpaired) electrons. The average Bonchev–Trinajstić information content (AvgIpc) is 3.09. The van der Waals surface area contributed by atoms with Gasteiger partial charge in [0.1, 0.15) is 0 Å². The van der Waals surface area contributed by atoms with Crippen LogP contribution < -0.4 is 0 Å². The highest BCUT2D eigenvalue weighted by Crippen LogP contribution is 2.32.